The summed E-state index contributed by atoms with van der Waals surface area (Å²) in [6, 6.07) is 9.20. The van der Waals surface area contributed by atoms with Gasteiger partial charge in [-0.2, -0.15) is 0 Å². The van der Waals surface area contributed by atoms with Crippen molar-refractivity contribution < 1.29 is 9.53 Å². The number of piperidine rings is 1. The van der Waals surface area contributed by atoms with Crippen LogP contribution in [0.3, 0.4) is 0 Å². The number of nitrogens with zero attached hydrogens (tertiary/aromatic N) is 1. The van der Waals surface area contributed by atoms with Gasteiger partial charge in [0.25, 0.3) is 0 Å². The number of carbonyl (C=O) groups excluding carboxylic acids is 1. The SMILES string of the molecule is CC(CC1CCCCN1C1CCCCC1)OC(=O)c1ccccc1C(C)C. The van der Waals surface area contributed by atoms with E-state index in [2.05, 4.69) is 25.7 Å². The number of esters is 1. The molecule has 150 valence electrons. The molecule has 3 heteroatoms. The molecule has 1 aliphatic heterocycles. The zero-order valence-corrected chi connectivity index (χ0v) is 17.5. The predicted octanol–water partition coefficient (Wildman–Crippen LogP) is 5.93. The Balaban J connectivity index is 1.60. The summed E-state index contributed by atoms with van der Waals surface area (Å²) in [5.74, 6) is 0.163. The van der Waals surface area contributed by atoms with Crippen LogP contribution >= 0.6 is 0 Å². The fraction of sp³-hybridized carbons (Fsp3) is 0.708. The van der Waals surface area contributed by atoms with E-state index in [4.69, 9.17) is 4.74 Å². The Bertz CT molecular complexity index is 606. The van der Waals surface area contributed by atoms with Crippen LogP contribution < -0.4 is 0 Å². The summed E-state index contributed by atoms with van der Waals surface area (Å²) in [5, 5.41) is 0. The van der Waals surface area contributed by atoms with E-state index in [9.17, 15) is 4.79 Å². The van der Waals surface area contributed by atoms with E-state index in [1.807, 2.05) is 24.3 Å². The van der Waals surface area contributed by atoms with Crippen molar-refractivity contribution in [2.45, 2.75) is 103 Å². The van der Waals surface area contributed by atoms with Gasteiger partial charge in [0.05, 0.1) is 5.56 Å². The van der Waals surface area contributed by atoms with E-state index in [-0.39, 0.29) is 12.1 Å². The number of benzene rings is 1. The van der Waals surface area contributed by atoms with E-state index >= 15 is 0 Å². The normalized spacial score (nSPS) is 23.3. The molecule has 0 amide bonds. The van der Waals surface area contributed by atoms with Gasteiger partial charge in [-0.05, 0) is 63.1 Å². The molecule has 0 aromatic heterocycles. The molecule has 1 saturated carbocycles. The Kier molecular flexibility index (Phi) is 7.34. The molecule has 1 aromatic rings. The zero-order valence-electron chi connectivity index (χ0n) is 17.5. The summed E-state index contributed by atoms with van der Waals surface area (Å²) in [5.41, 5.74) is 1.81. The van der Waals surface area contributed by atoms with E-state index in [1.54, 1.807) is 0 Å². The molecular formula is C24H37NO2. The van der Waals surface area contributed by atoms with Crippen molar-refractivity contribution in [1.82, 2.24) is 4.90 Å². The van der Waals surface area contributed by atoms with Crippen LogP contribution in [-0.2, 0) is 4.74 Å². The van der Waals surface area contributed by atoms with Gasteiger partial charge in [0.15, 0.2) is 0 Å². The second kappa shape index (κ2) is 9.73. The minimum absolute atomic E-state index is 0.0353. The van der Waals surface area contributed by atoms with Crippen molar-refractivity contribution in [3.63, 3.8) is 0 Å². The van der Waals surface area contributed by atoms with Crippen molar-refractivity contribution in [2.75, 3.05) is 6.54 Å². The van der Waals surface area contributed by atoms with Crippen LogP contribution in [0.4, 0.5) is 0 Å². The van der Waals surface area contributed by atoms with Gasteiger partial charge < -0.3 is 4.74 Å². The first-order valence-electron chi connectivity index (χ1n) is 11.1. The van der Waals surface area contributed by atoms with Gasteiger partial charge in [-0.25, -0.2) is 4.79 Å². The lowest BCUT2D eigenvalue weighted by molar-refractivity contribution is 0.0106. The topological polar surface area (TPSA) is 29.5 Å². The quantitative estimate of drug-likeness (QED) is 0.580. The Morgan fingerprint density at radius 1 is 1.04 bits per heavy atom. The van der Waals surface area contributed by atoms with Crippen LogP contribution in [0.15, 0.2) is 24.3 Å². The average molecular weight is 372 g/mol. The van der Waals surface area contributed by atoms with Crippen LogP contribution in [0.5, 0.6) is 0 Å². The maximum Gasteiger partial charge on any atom is 0.338 e. The minimum Gasteiger partial charge on any atom is -0.459 e. The molecule has 0 bridgehead atoms. The molecule has 0 radical (unpaired) electrons. The molecule has 2 fully saturated rings. The Morgan fingerprint density at radius 2 is 1.74 bits per heavy atom. The number of likely N-dealkylation sites (tertiary alicyclic amines) is 1. The molecule has 0 spiro atoms. The van der Waals surface area contributed by atoms with Crippen LogP contribution in [0.1, 0.15) is 100 Å². The molecule has 3 nitrogen and oxygen atoms in total. The van der Waals surface area contributed by atoms with Crippen LogP contribution in [-0.4, -0.2) is 35.6 Å². The molecule has 2 unspecified atom stereocenters. The maximum absolute atomic E-state index is 12.8. The monoisotopic (exact) mass is 371 g/mol. The highest BCUT2D eigenvalue weighted by atomic mass is 16.5. The molecule has 2 aliphatic rings. The van der Waals surface area contributed by atoms with Gasteiger partial charge in [0.2, 0.25) is 0 Å². The lowest BCUT2D eigenvalue weighted by Crippen LogP contribution is -2.48. The van der Waals surface area contributed by atoms with Gasteiger partial charge in [-0.3, -0.25) is 4.90 Å². The van der Waals surface area contributed by atoms with Gasteiger partial charge in [0.1, 0.15) is 6.10 Å². The second-order valence-corrected chi connectivity index (χ2v) is 8.87. The number of carbonyl (C=O) groups is 1. The van der Waals surface area contributed by atoms with Crippen molar-refractivity contribution in [3.05, 3.63) is 35.4 Å². The van der Waals surface area contributed by atoms with E-state index in [0.29, 0.717) is 12.0 Å². The molecule has 3 rings (SSSR count). The lowest BCUT2D eigenvalue weighted by atomic mass is 9.89. The van der Waals surface area contributed by atoms with Crippen LogP contribution in [0.2, 0.25) is 0 Å². The average Bonchev–Trinajstić information content (AvgIpc) is 2.69. The standard InChI is InChI=1S/C24H37NO2/c1-18(2)22-14-7-8-15-23(22)24(26)27-19(3)17-21-13-9-10-16-25(21)20-11-5-4-6-12-20/h7-8,14-15,18-21H,4-6,9-13,16-17H2,1-3H3. The summed E-state index contributed by atoms with van der Waals surface area (Å²) >= 11 is 0. The maximum atomic E-state index is 12.8. The largest absolute Gasteiger partial charge is 0.459 e. The van der Waals surface area contributed by atoms with Gasteiger partial charge in [0, 0.05) is 12.1 Å². The highest BCUT2D eigenvalue weighted by Crippen LogP contribution is 2.31. The van der Waals surface area contributed by atoms with Crippen LogP contribution in [0, 0.1) is 0 Å². The third-order valence-electron chi connectivity index (χ3n) is 6.43. The first kappa shape index (κ1) is 20.4. The van der Waals surface area contributed by atoms with Crippen molar-refractivity contribution in [3.8, 4) is 0 Å². The molecule has 1 aliphatic carbocycles. The fourth-order valence-electron chi connectivity index (χ4n) is 5.03. The van der Waals surface area contributed by atoms with Crippen molar-refractivity contribution in [1.29, 1.82) is 0 Å². The fourth-order valence-corrected chi connectivity index (χ4v) is 5.03. The molecule has 27 heavy (non-hydrogen) atoms. The first-order chi connectivity index (χ1) is 13.1. The summed E-state index contributed by atoms with van der Waals surface area (Å²) in [6.45, 7) is 7.55. The Hall–Kier alpha value is -1.35. The van der Waals surface area contributed by atoms with Crippen molar-refractivity contribution >= 4 is 5.97 Å². The first-order valence-corrected chi connectivity index (χ1v) is 11.1. The summed E-state index contributed by atoms with van der Waals surface area (Å²) in [4.78, 5) is 15.5. The summed E-state index contributed by atoms with van der Waals surface area (Å²) in [6.07, 6.45) is 11.7. The molecule has 2 atom stereocenters. The molecule has 0 N–H and O–H groups in total. The Labute approximate surface area is 165 Å². The predicted molar refractivity (Wildman–Crippen MR) is 111 cm³/mol. The number of ether oxygens (including phenoxy) is 1. The summed E-state index contributed by atoms with van der Waals surface area (Å²) < 4.78 is 5.90. The van der Waals surface area contributed by atoms with E-state index in [1.165, 1.54) is 57.9 Å². The molecular weight excluding hydrogens is 334 g/mol. The smallest absolute Gasteiger partial charge is 0.338 e. The molecule has 1 saturated heterocycles. The van der Waals surface area contributed by atoms with Gasteiger partial charge >= 0.3 is 5.97 Å². The third-order valence-corrected chi connectivity index (χ3v) is 6.43. The van der Waals surface area contributed by atoms with Gasteiger partial charge in [-0.15, -0.1) is 0 Å². The van der Waals surface area contributed by atoms with Gasteiger partial charge in [-0.1, -0.05) is 57.7 Å². The van der Waals surface area contributed by atoms with Crippen LogP contribution in [0.25, 0.3) is 0 Å². The van der Waals surface area contributed by atoms with E-state index < -0.39 is 0 Å². The van der Waals surface area contributed by atoms with Crippen molar-refractivity contribution in [2.24, 2.45) is 0 Å². The highest BCUT2D eigenvalue weighted by molar-refractivity contribution is 5.91. The second-order valence-electron chi connectivity index (χ2n) is 8.87. The third kappa shape index (κ3) is 5.34. The molecule has 1 aromatic carbocycles. The minimum atomic E-state index is -0.160. The lowest BCUT2D eigenvalue weighted by Gasteiger charge is -2.43. The molecule has 1 heterocycles. The number of hydrogen-bond donors (Lipinski definition) is 0. The number of rotatable bonds is 6. The number of hydrogen-bond acceptors (Lipinski definition) is 3. The van der Waals surface area contributed by atoms with E-state index in [0.717, 1.165) is 23.6 Å². The zero-order chi connectivity index (χ0) is 19.2. The summed E-state index contributed by atoms with van der Waals surface area (Å²) in [7, 11) is 0. The Morgan fingerprint density at radius 3 is 2.48 bits per heavy atom. The highest BCUT2D eigenvalue weighted by Gasteiger charge is 2.31.